The standard InChI is InChI=1S/C43H34N3O2.Pt/c1-43(2,3)30-19-21-31(22-20-30)46-36-17-9-16-32(38(36)44-41(46)35-23-18-26-10-4-7-15-34(26)40(35)47)27-12-8-13-29(24-27)42-45-39-33-14-6-5-11-28(33)25-37(39)48-42;/h4-23,37,39,47H,25H2,1-3H3;/q-1;/t37-,39+;/m1./s1. The van der Waals surface area contributed by atoms with Crippen molar-refractivity contribution in [1.82, 2.24) is 9.55 Å². The van der Waals surface area contributed by atoms with E-state index in [2.05, 4.69) is 104 Å². The number of aromatic hydroxyl groups is 1. The summed E-state index contributed by atoms with van der Waals surface area (Å²) in [6, 6.07) is 45.1. The maximum Gasteiger partial charge on any atom is 0.148 e. The Bertz CT molecular complexity index is 2420. The summed E-state index contributed by atoms with van der Waals surface area (Å²) in [7, 11) is 0. The summed E-state index contributed by atoms with van der Waals surface area (Å²) < 4.78 is 8.58. The van der Waals surface area contributed by atoms with E-state index < -0.39 is 0 Å². The summed E-state index contributed by atoms with van der Waals surface area (Å²) in [5.74, 6) is 1.53. The van der Waals surface area contributed by atoms with E-state index >= 15 is 0 Å². The van der Waals surface area contributed by atoms with Gasteiger partial charge in [0.2, 0.25) is 0 Å². The summed E-state index contributed by atoms with van der Waals surface area (Å²) >= 11 is 0. The van der Waals surface area contributed by atoms with Crippen molar-refractivity contribution in [1.29, 1.82) is 0 Å². The average Bonchev–Trinajstić information content (AvgIpc) is 3.80. The van der Waals surface area contributed by atoms with Gasteiger partial charge in [0.1, 0.15) is 29.6 Å². The molecule has 9 rings (SSSR count). The molecule has 7 aromatic rings. The van der Waals surface area contributed by atoms with Crippen molar-refractivity contribution in [2.45, 2.75) is 44.8 Å². The van der Waals surface area contributed by atoms with E-state index in [-0.39, 0.29) is 44.4 Å². The molecule has 5 nitrogen and oxygen atoms in total. The zero-order valence-electron chi connectivity index (χ0n) is 27.4. The molecular weight excluding hydrogens is 786 g/mol. The fraction of sp³-hybridized carbons (Fsp3) is 0.163. The number of hydrogen-bond acceptors (Lipinski definition) is 4. The molecule has 1 aliphatic carbocycles. The quantitative estimate of drug-likeness (QED) is 0.180. The Morgan fingerprint density at radius 2 is 1.53 bits per heavy atom. The molecule has 1 N–H and O–H groups in total. The van der Waals surface area contributed by atoms with Crippen LogP contribution >= 0.6 is 0 Å². The van der Waals surface area contributed by atoms with Crippen LogP contribution in [0.25, 0.3) is 50.0 Å². The van der Waals surface area contributed by atoms with Gasteiger partial charge in [-0.25, -0.2) is 4.98 Å². The fourth-order valence-corrected chi connectivity index (χ4v) is 7.28. The number of aromatic nitrogens is 2. The number of fused-ring (bicyclic) bond motifs is 5. The largest absolute Gasteiger partial charge is 0.507 e. The van der Waals surface area contributed by atoms with Crippen LogP contribution in [0.2, 0.25) is 0 Å². The van der Waals surface area contributed by atoms with Gasteiger partial charge in [0.05, 0.1) is 16.6 Å². The molecular formula is C43H34N3O2Pt-. The Kier molecular flexibility index (Phi) is 7.57. The van der Waals surface area contributed by atoms with E-state index in [0.717, 1.165) is 50.6 Å². The molecule has 0 unspecified atom stereocenters. The predicted molar refractivity (Wildman–Crippen MR) is 193 cm³/mol. The number of phenols is 1. The second-order valence-electron chi connectivity index (χ2n) is 13.8. The first kappa shape index (κ1) is 31.3. The molecule has 0 saturated carbocycles. The molecule has 1 aliphatic heterocycles. The van der Waals surface area contributed by atoms with Crippen LogP contribution in [0.4, 0.5) is 0 Å². The van der Waals surface area contributed by atoms with Crippen LogP contribution in [0.15, 0.2) is 126 Å². The Hall–Kier alpha value is -4.99. The van der Waals surface area contributed by atoms with Gasteiger partial charge < -0.3 is 9.84 Å². The van der Waals surface area contributed by atoms with E-state index in [4.69, 9.17) is 14.7 Å². The minimum Gasteiger partial charge on any atom is -0.507 e. The van der Waals surface area contributed by atoms with Gasteiger partial charge in [-0.1, -0.05) is 111 Å². The monoisotopic (exact) mass is 819 g/mol. The summed E-state index contributed by atoms with van der Waals surface area (Å²) in [5, 5.41) is 13.4. The van der Waals surface area contributed by atoms with Crippen molar-refractivity contribution in [3.05, 3.63) is 150 Å². The van der Waals surface area contributed by atoms with Crippen LogP contribution in [0.3, 0.4) is 0 Å². The number of phenolic OH excluding ortho intramolecular Hbond substituents is 1. The number of aliphatic imine (C=N–C) groups is 1. The minimum atomic E-state index is 0. The number of para-hydroxylation sites is 1. The summed E-state index contributed by atoms with van der Waals surface area (Å²) in [6.07, 6.45) is 0.890. The van der Waals surface area contributed by atoms with Crippen LogP contribution in [0.1, 0.15) is 49.1 Å². The molecule has 2 aliphatic rings. The van der Waals surface area contributed by atoms with Gasteiger partial charge in [-0.3, -0.25) is 9.56 Å². The SMILES string of the molecule is CC(C)(C)c1ccc(-n2c(-c3ccc4ccccc4c3O)nc3c(-c4[c-]c(C5=N[C@H]6c7ccccc7C[C@H]6O5)ccc4)cccc32)cc1.[Pt]. The van der Waals surface area contributed by atoms with Crippen molar-refractivity contribution in [2.75, 3.05) is 0 Å². The van der Waals surface area contributed by atoms with E-state index in [1.807, 2.05) is 48.5 Å². The van der Waals surface area contributed by atoms with Crippen LogP contribution < -0.4 is 0 Å². The molecule has 0 saturated heterocycles. The molecule has 244 valence electrons. The van der Waals surface area contributed by atoms with Gasteiger partial charge in [0.25, 0.3) is 0 Å². The maximum atomic E-state index is 11.6. The third-order valence-electron chi connectivity index (χ3n) is 9.80. The summed E-state index contributed by atoms with van der Waals surface area (Å²) in [5.41, 5.74) is 9.96. The van der Waals surface area contributed by atoms with E-state index in [9.17, 15) is 5.11 Å². The summed E-state index contributed by atoms with van der Waals surface area (Å²) in [4.78, 5) is 10.3. The molecule has 6 heteroatoms. The first-order valence-corrected chi connectivity index (χ1v) is 16.5. The van der Waals surface area contributed by atoms with Crippen LogP contribution in [-0.4, -0.2) is 26.7 Å². The normalized spacial score (nSPS) is 16.6. The maximum absolute atomic E-state index is 11.6. The second kappa shape index (κ2) is 11.9. The third kappa shape index (κ3) is 5.19. The first-order valence-electron chi connectivity index (χ1n) is 16.5. The van der Waals surface area contributed by atoms with Gasteiger partial charge >= 0.3 is 0 Å². The first-order chi connectivity index (χ1) is 23.3. The van der Waals surface area contributed by atoms with E-state index in [0.29, 0.717) is 17.3 Å². The van der Waals surface area contributed by atoms with Crippen molar-refractivity contribution in [2.24, 2.45) is 4.99 Å². The summed E-state index contributed by atoms with van der Waals surface area (Å²) in [6.45, 7) is 6.66. The second-order valence-corrected chi connectivity index (χ2v) is 13.8. The van der Waals surface area contributed by atoms with E-state index in [1.54, 1.807) is 0 Å². The molecule has 0 radical (unpaired) electrons. The number of rotatable bonds is 4. The fourth-order valence-electron chi connectivity index (χ4n) is 7.28. The molecule has 0 spiro atoms. The van der Waals surface area contributed by atoms with E-state index in [1.165, 1.54) is 16.7 Å². The smallest absolute Gasteiger partial charge is 0.148 e. The van der Waals surface area contributed by atoms with Crippen molar-refractivity contribution in [3.8, 4) is 34.0 Å². The molecule has 6 aromatic carbocycles. The van der Waals surface area contributed by atoms with Gasteiger partial charge in [-0.05, 0) is 51.8 Å². The minimum absolute atomic E-state index is 0. The molecule has 1 aromatic heterocycles. The topological polar surface area (TPSA) is 59.6 Å². The Balaban J connectivity index is 0.00000348. The zero-order chi connectivity index (χ0) is 32.6. The van der Waals surface area contributed by atoms with Gasteiger partial charge in [0, 0.05) is 38.6 Å². The number of ether oxygens (including phenoxy) is 1. The van der Waals surface area contributed by atoms with Gasteiger partial charge in [0.15, 0.2) is 0 Å². The molecule has 2 atom stereocenters. The molecule has 0 amide bonds. The van der Waals surface area contributed by atoms with Crippen LogP contribution in [0, 0.1) is 6.07 Å². The Morgan fingerprint density at radius 1 is 0.776 bits per heavy atom. The van der Waals surface area contributed by atoms with Crippen LogP contribution in [-0.2, 0) is 37.6 Å². The molecule has 2 heterocycles. The third-order valence-corrected chi connectivity index (χ3v) is 9.80. The van der Waals surface area contributed by atoms with Crippen molar-refractivity contribution >= 4 is 27.7 Å². The van der Waals surface area contributed by atoms with Crippen molar-refractivity contribution in [3.63, 3.8) is 0 Å². The number of hydrogen-bond donors (Lipinski definition) is 1. The number of nitrogens with zero attached hydrogens (tertiary/aromatic N) is 3. The van der Waals surface area contributed by atoms with Gasteiger partial charge in [-0.2, -0.15) is 0 Å². The van der Waals surface area contributed by atoms with Gasteiger partial charge in [-0.15, -0.1) is 29.8 Å². The number of benzene rings is 6. The predicted octanol–water partition coefficient (Wildman–Crippen LogP) is 9.76. The molecule has 49 heavy (non-hydrogen) atoms. The average molecular weight is 820 g/mol. The zero-order valence-corrected chi connectivity index (χ0v) is 29.7. The van der Waals surface area contributed by atoms with Crippen LogP contribution in [0.5, 0.6) is 5.75 Å². The molecule has 0 fully saturated rings. The van der Waals surface area contributed by atoms with Crippen molar-refractivity contribution < 1.29 is 30.9 Å². The Morgan fingerprint density at radius 3 is 2.37 bits per heavy atom. The Labute approximate surface area is 300 Å². The number of imidazole rings is 1. The molecule has 0 bridgehead atoms.